The smallest absolute Gasteiger partial charge is 0.255 e. The lowest BCUT2D eigenvalue weighted by molar-refractivity contribution is 0.102. The third kappa shape index (κ3) is 5.14. The van der Waals surface area contributed by atoms with Crippen LogP contribution in [0.5, 0.6) is 17.2 Å². The highest BCUT2D eigenvalue weighted by Crippen LogP contribution is 2.30. The molecule has 0 saturated heterocycles. The minimum Gasteiger partial charge on any atom is -0.506 e. The molecule has 134 valence electrons. The van der Waals surface area contributed by atoms with E-state index in [1.807, 2.05) is 20.8 Å². The maximum Gasteiger partial charge on any atom is 0.255 e. The van der Waals surface area contributed by atoms with Crippen LogP contribution in [0, 0.1) is 6.92 Å². The van der Waals surface area contributed by atoms with Crippen LogP contribution in [0.1, 0.15) is 42.6 Å². The molecule has 0 bridgehead atoms. The van der Waals surface area contributed by atoms with Gasteiger partial charge in [-0.25, -0.2) is 0 Å². The van der Waals surface area contributed by atoms with Gasteiger partial charge >= 0.3 is 0 Å². The Labute approximate surface area is 148 Å². The summed E-state index contributed by atoms with van der Waals surface area (Å²) in [6.07, 6.45) is 1.75. The molecule has 0 radical (unpaired) electrons. The van der Waals surface area contributed by atoms with E-state index in [1.165, 1.54) is 0 Å². The van der Waals surface area contributed by atoms with E-state index >= 15 is 0 Å². The lowest BCUT2D eigenvalue weighted by Gasteiger charge is -2.14. The number of hydrogen-bond donors (Lipinski definition) is 2. The predicted molar refractivity (Wildman–Crippen MR) is 98.8 cm³/mol. The first-order valence-corrected chi connectivity index (χ1v) is 8.55. The van der Waals surface area contributed by atoms with Crippen molar-refractivity contribution in [3.63, 3.8) is 0 Å². The molecule has 0 saturated carbocycles. The first-order chi connectivity index (χ1) is 12.0. The van der Waals surface area contributed by atoms with Gasteiger partial charge in [-0.15, -0.1) is 0 Å². The van der Waals surface area contributed by atoms with Crippen molar-refractivity contribution in [1.82, 2.24) is 0 Å². The molecule has 1 amide bonds. The third-order valence-electron chi connectivity index (χ3n) is 3.53. The second-order valence-electron chi connectivity index (χ2n) is 5.83. The zero-order chi connectivity index (χ0) is 18.2. The number of rotatable bonds is 8. The Balaban J connectivity index is 2.22. The first kappa shape index (κ1) is 18.6. The summed E-state index contributed by atoms with van der Waals surface area (Å²) in [5, 5.41) is 12.6. The molecule has 0 aromatic heterocycles. The molecule has 2 aromatic carbocycles. The highest BCUT2D eigenvalue weighted by atomic mass is 16.5. The van der Waals surface area contributed by atoms with Gasteiger partial charge in [0.25, 0.3) is 5.91 Å². The Kier molecular flexibility index (Phi) is 6.69. The maximum atomic E-state index is 12.5. The van der Waals surface area contributed by atoms with Crippen LogP contribution in [0.25, 0.3) is 0 Å². The number of aryl methyl sites for hydroxylation is 1. The van der Waals surface area contributed by atoms with Gasteiger partial charge in [0.1, 0.15) is 5.75 Å². The number of phenols is 1. The van der Waals surface area contributed by atoms with Crippen LogP contribution in [0.4, 0.5) is 5.69 Å². The van der Waals surface area contributed by atoms with Crippen LogP contribution in [0.3, 0.4) is 0 Å². The van der Waals surface area contributed by atoms with Gasteiger partial charge in [-0.1, -0.05) is 19.9 Å². The van der Waals surface area contributed by atoms with E-state index in [4.69, 9.17) is 9.47 Å². The summed E-state index contributed by atoms with van der Waals surface area (Å²) in [5.74, 6) is 0.898. The molecule has 0 aliphatic carbocycles. The summed E-state index contributed by atoms with van der Waals surface area (Å²) in [7, 11) is 0. The predicted octanol–water partition coefficient (Wildman–Crippen LogP) is 4.53. The Morgan fingerprint density at radius 3 is 2.36 bits per heavy atom. The van der Waals surface area contributed by atoms with Crippen LogP contribution < -0.4 is 14.8 Å². The molecule has 0 fully saturated rings. The molecule has 2 N–H and O–H groups in total. The van der Waals surface area contributed by atoms with Gasteiger partial charge in [0, 0.05) is 5.56 Å². The van der Waals surface area contributed by atoms with Crippen LogP contribution in [-0.4, -0.2) is 24.2 Å². The number of phenolic OH excluding ortho intramolecular Hbond substituents is 1. The third-order valence-corrected chi connectivity index (χ3v) is 3.53. The van der Waals surface area contributed by atoms with Gasteiger partial charge in [0.2, 0.25) is 0 Å². The molecule has 5 heteroatoms. The number of hydrogen-bond acceptors (Lipinski definition) is 4. The zero-order valence-electron chi connectivity index (χ0n) is 15.0. The molecule has 0 aliphatic heterocycles. The first-order valence-electron chi connectivity index (χ1n) is 8.55. The summed E-state index contributed by atoms with van der Waals surface area (Å²) < 4.78 is 11.4. The zero-order valence-corrected chi connectivity index (χ0v) is 15.0. The lowest BCUT2D eigenvalue weighted by Crippen LogP contribution is -2.13. The van der Waals surface area contributed by atoms with Crippen molar-refractivity contribution in [2.45, 2.75) is 33.6 Å². The Bertz CT molecular complexity index is 728. The summed E-state index contributed by atoms with van der Waals surface area (Å²) in [6.45, 7) is 7.08. The molecule has 0 aliphatic rings. The van der Waals surface area contributed by atoms with Crippen molar-refractivity contribution in [3.05, 3.63) is 47.5 Å². The van der Waals surface area contributed by atoms with E-state index in [-0.39, 0.29) is 11.7 Å². The summed E-state index contributed by atoms with van der Waals surface area (Å²) >= 11 is 0. The fourth-order valence-electron chi connectivity index (χ4n) is 2.25. The maximum absolute atomic E-state index is 12.5. The summed E-state index contributed by atoms with van der Waals surface area (Å²) in [4.78, 5) is 12.5. The summed E-state index contributed by atoms with van der Waals surface area (Å²) in [5.41, 5.74) is 1.77. The topological polar surface area (TPSA) is 67.8 Å². The van der Waals surface area contributed by atoms with E-state index in [0.717, 1.165) is 18.4 Å². The van der Waals surface area contributed by atoms with Crippen molar-refractivity contribution in [3.8, 4) is 17.2 Å². The molecule has 0 atom stereocenters. The van der Waals surface area contributed by atoms with Crippen molar-refractivity contribution < 1.29 is 19.4 Å². The number of nitrogens with one attached hydrogen (secondary N) is 1. The van der Waals surface area contributed by atoms with Crippen LogP contribution in [-0.2, 0) is 0 Å². The molecular formula is C20H25NO4. The van der Waals surface area contributed by atoms with Crippen LogP contribution in [0.2, 0.25) is 0 Å². The van der Waals surface area contributed by atoms with E-state index < -0.39 is 0 Å². The Morgan fingerprint density at radius 1 is 1.00 bits per heavy atom. The number of anilines is 1. The average molecular weight is 343 g/mol. The Hall–Kier alpha value is -2.69. The van der Waals surface area contributed by atoms with Gasteiger partial charge in [0.05, 0.1) is 18.9 Å². The molecule has 25 heavy (non-hydrogen) atoms. The van der Waals surface area contributed by atoms with Gasteiger partial charge in [0.15, 0.2) is 11.5 Å². The minimum absolute atomic E-state index is 0.0318. The average Bonchev–Trinajstić information content (AvgIpc) is 2.61. The fourth-order valence-corrected chi connectivity index (χ4v) is 2.25. The quantitative estimate of drug-likeness (QED) is 0.691. The lowest BCUT2D eigenvalue weighted by atomic mass is 10.1. The largest absolute Gasteiger partial charge is 0.506 e. The van der Waals surface area contributed by atoms with Crippen molar-refractivity contribution in [1.29, 1.82) is 0 Å². The standard InChI is InChI=1S/C20H25NO4/c1-4-10-24-18-9-7-15(13-19(18)25-11-5-2)20(23)21-16-12-14(3)6-8-17(16)22/h6-9,12-13,22H,4-5,10-11H2,1-3H3,(H,21,23). The van der Waals surface area contributed by atoms with Crippen molar-refractivity contribution >= 4 is 11.6 Å². The normalized spacial score (nSPS) is 10.4. The SMILES string of the molecule is CCCOc1ccc(C(=O)Nc2cc(C)ccc2O)cc1OCCC. The van der Waals surface area contributed by atoms with E-state index in [1.54, 1.807) is 36.4 Å². The summed E-state index contributed by atoms with van der Waals surface area (Å²) in [6, 6.07) is 10.2. The highest BCUT2D eigenvalue weighted by molar-refractivity contribution is 6.05. The molecule has 2 rings (SSSR count). The van der Waals surface area contributed by atoms with E-state index in [2.05, 4.69) is 5.32 Å². The van der Waals surface area contributed by atoms with Gasteiger partial charge < -0.3 is 19.9 Å². The monoisotopic (exact) mass is 343 g/mol. The van der Waals surface area contributed by atoms with Gasteiger partial charge in [-0.3, -0.25) is 4.79 Å². The second-order valence-corrected chi connectivity index (χ2v) is 5.83. The molecule has 0 spiro atoms. The molecule has 0 unspecified atom stereocenters. The molecule has 0 heterocycles. The number of carbonyl (C=O) groups excluding carboxylic acids is 1. The Morgan fingerprint density at radius 2 is 1.68 bits per heavy atom. The van der Waals surface area contributed by atoms with E-state index in [0.29, 0.717) is 36.0 Å². The number of benzene rings is 2. The molecular weight excluding hydrogens is 318 g/mol. The minimum atomic E-state index is -0.315. The number of ether oxygens (including phenoxy) is 2. The van der Waals surface area contributed by atoms with Crippen molar-refractivity contribution in [2.75, 3.05) is 18.5 Å². The van der Waals surface area contributed by atoms with Gasteiger partial charge in [-0.2, -0.15) is 0 Å². The molecule has 2 aromatic rings. The van der Waals surface area contributed by atoms with Crippen LogP contribution in [0.15, 0.2) is 36.4 Å². The number of carbonyl (C=O) groups is 1. The van der Waals surface area contributed by atoms with Gasteiger partial charge in [-0.05, 0) is 55.7 Å². The number of amides is 1. The van der Waals surface area contributed by atoms with Crippen molar-refractivity contribution in [2.24, 2.45) is 0 Å². The van der Waals surface area contributed by atoms with E-state index in [9.17, 15) is 9.90 Å². The fraction of sp³-hybridized carbons (Fsp3) is 0.350. The molecule has 5 nitrogen and oxygen atoms in total. The highest BCUT2D eigenvalue weighted by Gasteiger charge is 2.13. The second kappa shape index (κ2) is 8.97. The number of aromatic hydroxyl groups is 1. The van der Waals surface area contributed by atoms with Crippen LogP contribution >= 0.6 is 0 Å².